The Balaban J connectivity index is 2.38. The third-order valence-corrected chi connectivity index (χ3v) is 2.29. The van der Waals surface area contributed by atoms with Crippen LogP contribution in [0.2, 0.25) is 0 Å². The summed E-state index contributed by atoms with van der Waals surface area (Å²) in [6.45, 7) is 2.75. The number of rotatable bonds is 3. The Hall–Kier alpha value is -2.24. The zero-order valence-corrected chi connectivity index (χ0v) is 8.70. The van der Waals surface area contributed by atoms with Crippen molar-refractivity contribution in [1.29, 1.82) is 0 Å². The van der Waals surface area contributed by atoms with Gasteiger partial charge in [-0.2, -0.15) is 0 Å². The van der Waals surface area contributed by atoms with Gasteiger partial charge < -0.3 is 4.57 Å². The van der Waals surface area contributed by atoms with Gasteiger partial charge in [-0.05, 0) is 19.1 Å². The normalized spacial score (nSPS) is 10.3. The van der Waals surface area contributed by atoms with Gasteiger partial charge in [-0.3, -0.25) is 10.1 Å². The molecule has 2 aromatic rings. The highest BCUT2D eigenvalue weighted by molar-refractivity contribution is 5.57. The number of non-ortho nitro benzene ring substituents is 1. The van der Waals surface area contributed by atoms with E-state index in [1.165, 1.54) is 12.1 Å². The quantitative estimate of drug-likeness (QED) is 0.582. The summed E-state index contributed by atoms with van der Waals surface area (Å²) >= 11 is 0. The maximum atomic E-state index is 10.5. The minimum Gasteiger partial charge on any atom is -0.314 e. The van der Waals surface area contributed by atoms with Gasteiger partial charge in [-0.15, -0.1) is 10.2 Å². The van der Waals surface area contributed by atoms with Crippen molar-refractivity contribution in [2.24, 2.45) is 0 Å². The van der Waals surface area contributed by atoms with Crippen molar-refractivity contribution < 1.29 is 4.92 Å². The highest BCUT2D eigenvalue weighted by atomic mass is 16.6. The molecule has 0 radical (unpaired) electrons. The summed E-state index contributed by atoms with van der Waals surface area (Å²) in [6, 6.07) is 6.27. The summed E-state index contributed by atoms with van der Waals surface area (Å²) in [4.78, 5) is 10.1. The van der Waals surface area contributed by atoms with Crippen molar-refractivity contribution in [3.63, 3.8) is 0 Å². The fourth-order valence-electron chi connectivity index (χ4n) is 1.44. The van der Waals surface area contributed by atoms with Crippen LogP contribution in [0.4, 0.5) is 5.69 Å². The molecule has 0 aliphatic heterocycles. The van der Waals surface area contributed by atoms with Crippen LogP contribution in [-0.4, -0.2) is 19.7 Å². The van der Waals surface area contributed by atoms with E-state index in [9.17, 15) is 10.1 Å². The molecule has 82 valence electrons. The summed E-state index contributed by atoms with van der Waals surface area (Å²) in [7, 11) is 0. The molecular weight excluding hydrogens is 208 g/mol. The van der Waals surface area contributed by atoms with Crippen LogP contribution in [0.25, 0.3) is 11.4 Å². The number of aromatic nitrogens is 3. The van der Waals surface area contributed by atoms with E-state index in [-0.39, 0.29) is 5.69 Å². The Morgan fingerprint density at radius 3 is 2.62 bits per heavy atom. The molecule has 0 saturated heterocycles. The van der Waals surface area contributed by atoms with Crippen LogP contribution in [-0.2, 0) is 6.54 Å². The smallest absolute Gasteiger partial charge is 0.269 e. The molecule has 6 nitrogen and oxygen atoms in total. The fraction of sp³-hybridized carbons (Fsp3) is 0.200. The highest BCUT2D eigenvalue weighted by Crippen LogP contribution is 2.20. The average molecular weight is 218 g/mol. The predicted octanol–water partition coefficient (Wildman–Crippen LogP) is 1.87. The molecule has 0 saturated carbocycles. The SMILES string of the molecule is CCn1cnnc1-c1ccc([N+](=O)[O-])cc1. The number of aryl methyl sites for hydroxylation is 1. The van der Waals surface area contributed by atoms with Gasteiger partial charge in [0.25, 0.3) is 5.69 Å². The zero-order chi connectivity index (χ0) is 11.5. The van der Waals surface area contributed by atoms with Gasteiger partial charge in [-0.1, -0.05) is 0 Å². The van der Waals surface area contributed by atoms with E-state index in [4.69, 9.17) is 0 Å². The summed E-state index contributed by atoms with van der Waals surface area (Å²) in [6.07, 6.45) is 1.64. The average Bonchev–Trinajstić information content (AvgIpc) is 2.77. The number of hydrogen-bond donors (Lipinski definition) is 0. The first-order chi connectivity index (χ1) is 7.72. The number of hydrogen-bond acceptors (Lipinski definition) is 4. The molecule has 1 aromatic heterocycles. The largest absolute Gasteiger partial charge is 0.314 e. The third-order valence-electron chi connectivity index (χ3n) is 2.29. The number of nitrogens with zero attached hydrogens (tertiary/aromatic N) is 4. The molecule has 0 unspecified atom stereocenters. The van der Waals surface area contributed by atoms with Crippen LogP contribution < -0.4 is 0 Å². The minimum absolute atomic E-state index is 0.0753. The fourth-order valence-corrected chi connectivity index (χ4v) is 1.44. The van der Waals surface area contributed by atoms with Crippen LogP contribution >= 0.6 is 0 Å². The monoisotopic (exact) mass is 218 g/mol. The summed E-state index contributed by atoms with van der Waals surface area (Å²) in [5, 5.41) is 18.3. The van der Waals surface area contributed by atoms with Crippen molar-refractivity contribution in [1.82, 2.24) is 14.8 Å². The first kappa shape index (κ1) is 10.3. The lowest BCUT2D eigenvalue weighted by atomic mass is 10.2. The lowest BCUT2D eigenvalue weighted by Crippen LogP contribution is -1.96. The van der Waals surface area contributed by atoms with E-state index in [2.05, 4.69) is 10.2 Å². The molecule has 1 heterocycles. The van der Waals surface area contributed by atoms with Crippen LogP contribution in [0, 0.1) is 10.1 Å². The predicted molar refractivity (Wildman–Crippen MR) is 57.8 cm³/mol. The molecular formula is C10H10N4O2. The topological polar surface area (TPSA) is 73.8 Å². The Morgan fingerprint density at radius 1 is 1.38 bits per heavy atom. The van der Waals surface area contributed by atoms with Crippen molar-refractivity contribution >= 4 is 5.69 Å². The Kier molecular flexibility index (Phi) is 2.63. The number of nitro groups is 1. The summed E-state index contributed by atoms with van der Waals surface area (Å²) in [5.74, 6) is 0.720. The molecule has 0 bridgehead atoms. The first-order valence-corrected chi connectivity index (χ1v) is 4.85. The Labute approximate surface area is 91.7 Å². The van der Waals surface area contributed by atoms with Crippen molar-refractivity contribution in [3.8, 4) is 11.4 Å². The zero-order valence-electron chi connectivity index (χ0n) is 8.70. The molecule has 0 aliphatic carbocycles. The second kappa shape index (κ2) is 4.09. The molecule has 0 spiro atoms. The van der Waals surface area contributed by atoms with Crippen LogP contribution in [0.15, 0.2) is 30.6 Å². The van der Waals surface area contributed by atoms with Gasteiger partial charge in [-0.25, -0.2) is 0 Å². The van der Waals surface area contributed by atoms with Gasteiger partial charge in [0.2, 0.25) is 0 Å². The van der Waals surface area contributed by atoms with E-state index < -0.39 is 4.92 Å². The first-order valence-electron chi connectivity index (χ1n) is 4.85. The van der Waals surface area contributed by atoms with Crippen LogP contribution in [0.5, 0.6) is 0 Å². The minimum atomic E-state index is -0.422. The highest BCUT2D eigenvalue weighted by Gasteiger charge is 2.08. The third kappa shape index (κ3) is 1.77. The Bertz CT molecular complexity index is 504. The maximum Gasteiger partial charge on any atom is 0.269 e. The number of nitro benzene ring substituents is 1. The van der Waals surface area contributed by atoms with E-state index in [0.717, 1.165) is 17.9 Å². The number of benzene rings is 1. The van der Waals surface area contributed by atoms with Gasteiger partial charge in [0.1, 0.15) is 6.33 Å². The van der Waals surface area contributed by atoms with E-state index >= 15 is 0 Å². The van der Waals surface area contributed by atoms with Crippen molar-refractivity contribution in [2.45, 2.75) is 13.5 Å². The summed E-state index contributed by atoms with van der Waals surface area (Å²) in [5.41, 5.74) is 0.899. The van der Waals surface area contributed by atoms with Gasteiger partial charge in [0.15, 0.2) is 5.82 Å². The van der Waals surface area contributed by atoms with Crippen molar-refractivity contribution in [3.05, 3.63) is 40.7 Å². The second-order valence-corrected chi connectivity index (χ2v) is 3.24. The van der Waals surface area contributed by atoms with Crippen LogP contribution in [0.1, 0.15) is 6.92 Å². The lowest BCUT2D eigenvalue weighted by Gasteiger charge is -2.02. The molecule has 0 N–H and O–H groups in total. The molecule has 16 heavy (non-hydrogen) atoms. The molecule has 0 aliphatic rings. The molecule has 0 atom stereocenters. The lowest BCUT2D eigenvalue weighted by molar-refractivity contribution is -0.384. The van der Waals surface area contributed by atoms with Gasteiger partial charge in [0, 0.05) is 24.2 Å². The second-order valence-electron chi connectivity index (χ2n) is 3.24. The molecule has 0 amide bonds. The van der Waals surface area contributed by atoms with Gasteiger partial charge in [0.05, 0.1) is 4.92 Å². The molecule has 2 rings (SSSR count). The van der Waals surface area contributed by atoms with Gasteiger partial charge >= 0.3 is 0 Å². The Morgan fingerprint density at radius 2 is 2.06 bits per heavy atom. The molecule has 0 fully saturated rings. The van der Waals surface area contributed by atoms with Crippen LogP contribution in [0.3, 0.4) is 0 Å². The van der Waals surface area contributed by atoms with E-state index in [0.29, 0.717) is 0 Å². The van der Waals surface area contributed by atoms with Crippen molar-refractivity contribution in [2.75, 3.05) is 0 Å². The maximum absolute atomic E-state index is 10.5. The summed E-state index contributed by atoms with van der Waals surface area (Å²) < 4.78 is 1.88. The van der Waals surface area contributed by atoms with E-state index in [1.54, 1.807) is 18.5 Å². The standard InChI is InChI=1S/C10H10N4O2/c1-2-13-7-11-12-10(13)8-3-5-9(6-4-8)14(15)16/h3-7H,2H2,1H3. The molecule has 6 heteroatoms. The molecule has 1 aromatic carbocycles. The van der Waals surface area contributed by atoms with E-state index in [1.807, 2.05) is 11.5 Å².